The minimum absolute atomic E-state index is 0.0320. The molecule has 0 spiro atoms. The molecule has 17 heavy (non-hydrogen) atoms. The fourth-order valence-electron chi connectivity index (χ4n) is 1.66. The lowest BCUT2D eigenvalue weighted by Crippen LogP contribution is -2.47. The van der Waals surface area contributed by atoms with Gasteiger partial charge in [-0.3, -0.25) is 4.79 Å². The van der Waals surface area contributed by atoms with Gasteiger partial charge in [0.05, 0.1) is 6.42 Å². The number of ether oxygens (including phenoxy) is 1. The Kier molecular flexibility index (Phi) is 4.37. The number of carbonyl (C=O) groups is 2. The number of nitrogens with zero attached hydrogens (tertiary/aromatic N) is 1. The molecule has 98 valence electrons. The lowest BCUT2D eigenvalue weighted by molar-refractivity contribution is -0.137. The molecule has 0 aromatic rings. The maximum absolute atomic E-state index is 11.9. The molecule has 0 atom stereocenters. The summed E-state index contributed by atoms with van der Waals surface area (Å²) in [6.07, 6.45) is 2.55. The van der Waals surface area contributed by atoms with Gasteiger partial charge in [-0.15, -0.1) is 0 Å². The van der Waals surface area contributed by atoms with E-state index < -0.39 is 17.7 Å². The van der Waals surface area contributed by atoms with E-state index in [9.17, 15) is 9.59 Å². The Morgan fingerprint density at radius 3 is 2.29 bits per heavy atom. The van der Waals surface area contributed by atoms with Crippen LogP contribution in [0.2, 0.25) is 0 Å². The van der Waals surface area contributed by atoms with Crippen LogP contribution in [0.3, 0.4) is 0 Å². The lowest BCUT2D eigenvalue weighted by Gasteiger charge is -2.38. The monoisotopic (exact) mass is 243 g/mol. The minimum Gasteiger partial charge on any atom is -0.481 e. The molecule has 0 radical (unpaired) electrons. The van der Waals surface area contributed by atoms with Gasteiger partial charge in [-0.1, -0.05) is 0 Å². The quantitative estimate of drug-likeness (QED) is 0.822. The smallest absolute Gasteiger partial charge is 0.410 e. The van der Waals surface area contributed by atoms with Gasteiger partial charge in [-0.05, 0) is 40.0 Å². The summed E-state index contributed by atoms with van der Waals surface area (Å²) in [4.78, 5) is 24.0. The fraction of sp³-hybridized carbons (Fsp3) is 0.833. The second-order valence-electron chi connectivity index (χ2n) is 5.40. The first kappa shape index (κ1) is 13.8. The highest BCUT2D eigenvalue weighted by atomic mass is 16.6. The van der Waals surface area contributed by atoms with Crippen molar-refractivity contribution >= 4 is 12.1 Å². The molecule has 1 amide bonds. The van der Waals surface area contributed by atoms with Crippen molar-refractivity contribution in [2.45, 2.75) is 58.1 Å². The molecule has 0 heterocycles. The Hall–Kier alpha value is -1.26. The van der Waals surface area contributed by atoms with Crippen LogP contribution >= 0.6 is 0 Å². The number of hydrogen-bond acceptors (Lipinski definition) is 3. The number of aliphatic carboxylic acids is 1. The van der Waals surface area contributed by atoms with E-state index in [-0.39, 0.29) is 19.0 Å². The summed E-state index contributed by atoms with van der Waals surface area (Å²) in [7, 11) is 0. The third kappa shape index (κ3) is 4.63. The normalized spacial score (nSPS) is 16.2. The van der Waals surface area contributed by atoms with Crippen molar-refractivity contribution in [3.05, 3.63) is 0 Å². The molecular formula is C12H21NO4. The highest BCUT2D eigenvalue weighted by Crippen LogP contribution is 2.26. The molecule has 0 unspecified atom stereocenters. The van der Waals surface area contributed by atoms with Crippen molar-refractivity contribution in [1.29, 1.82) is 0 Å². The molecule has 1 N–H and O–H groups in total. The summed E-state index contributed by atoms with van der Waals surface area (Å²) in [5.41, 5.74) is -0.539. The van der Waals surface area contributed by atoms with Crippen molar-refractivity contribution in [3.63, 3.8) is 0 Å². The van der Waals surface area contributed by atoms with Gasteiger partial charge in [0.15, 0.2) is 0 Å². The molecule has 5 nitrogen and oxygen atoms in total. The second kappa shape index (κ2) is 5.38. The topological polar surface area (TPSA) is 66.8 Å². The van der Waals surface area contributed by atoms with Crippen LogP contribution in [0.5, 0.6) is 0 Å². The van der Waals surface area contributed by atoms with Gasteiger partial charge in [0.1, 0.15) is 5.60 Å². The Labute approximate surface area is 102 Å². The maximum Gasteiger partial charge on any atom is 0.410 e. The van der Waals surface area contributed by atoms with E-state index in [0.717, 1.165) is 19.3 Å². The third-order valence-electron chi connectivity index (χ3n) is 2.71. The molecule has 1 aliphatic carbocycles. The molecule has 1 saturated carbocycles. The largest absolute Gasteiger partial charge is 0.481 e. The van der Waals surface area contributed by atoms with Crippen LogP contribution in [0.15, 0.2) is 0 Å². The predicted octanol–water partition coefficient (Wildman–Crippen LogP) is 2.25. The summed E-state index contributed by atoms with van der Waals surface area (Å²) >= 11 is 0. The first-order valence-electron chi connectivity index (χ1n) is 6.01. The van der Waals surface area contributed by atoms with Gasteiger partial charge in [-0.2, -0.15) is 0 Å². The minimum atomic E-state index is -0.891. The van der Waals surface area contributed by atoms with Gasteiger partial charge in [-0.25, -0.2) is 4.79 Å². The van der Waals surface area contributed by atoms with Crippen molar-refractivity contribution < 1.29 is 19.4 Å². The van der Waals surface area contributed by atoms with E-state index in [4.69, 9.17) is 9.84 Å². The highest BCUT2D eigenvalue weighted by Gasteiger charge is 2.31. The molecule has 1 aliphatic rings. The van der Waals surface area contributed by atoms with Gasteiger partial charge in [0.2, 0.25) is 0 Å². The Bertz CT molecular complexity index is 291. The maximum atomic E-state index is 11.9. The molecule has 0 aliphatic heterocycles. The predicted molar refractivity (Wildman–Crippen MR) is 62.8 cm³/mol. The summed E-state index contributed by atoms with van der Waals surface area (Å²) < 4.78 is 5.28. The average Bonchev–Trinajstić information content (AvgIpc) is 2.04. The molecule has 0 bridgehead atoms. The van der Waals surface area contributed by atoms with Crippen LogP contribution in [-0.4, -0.2) is 40.3 Å². The van der Waals surface area contributed by atoms with Gasteiger partial charge < -0.3 is 14.7 Å². The van der Waals surface area contributed by atoms with Crippen LogP contribution in [0, 0.1) is 0 Å². The van der Waals surface area contributed by atoms with Crippen molar-refractivity contribution in [1.82, 2.24) is 4.90 Å². The SMILES string of the molecule is CC(C)(C)OC(=O)N(CCC(=O)O)C1CCC1. The Morgan fingerprint density at radius 2 is 1.94 bits per heavy atom. The summed E-state index contributed by atoms with van der Waals surface area (Å²) in [6.45, 7) is 5.65. The summed E-state index contributed by atoms with van der Waals surface area (Å²) in [5, 5.41) is 8.67. The molecular weight excluding hydrogens is 222 g/mol. The third-order valence-corrected chi connectivity index (χ3v) is 2.71. The van der Waals surface area contributed by atoms with Crippen molar-refractivity contribution in [3.8, 4) is 0 Å². The van der Waals surface area contributed by atoms with Gasteiger partial charge >= 0.3 is 12.1 Å². The fourth-order valence-corrected chi connectivity index (χ4v) is 1.66. The van der Waals surface area contributed by atoms with Crippen LogP contribution < -0.4 is 0 Å². The van der Waals surface area contributed by atoms with E-state index in [1.165, 1.54) is 0 Å². The Balaban J connectivity index is 2.55. The van der Waals surface area contributed by atoms with Gasteiger partial charge in [0, 0.05) is 12.6 Å². The van der Waals surface area contributed by atoms with Crippen LogP contribution in [0.4, 0.5) is 4.79 Å². The number of hydrogen-bond donors (Lipinski definition) is 1. The summed E-state index contributed by atoms with van der Waals surface area (Å²) in [5.74, 6) is -0.891. The standard InChI is InChI=1S/C12H21NO4/c1-12(2,3)17-11(16)13(8-7-10(14)15)9-5-4-6-9/h9H,4-8H2,1-3H3,(H,14,15). The number of carboxylic acids is 1. The lowest BCUT2D eigenvalue weighted by atomic mass is 9.91. The van der Waals surface area contributed by atoms with Crippen LogP contribution in [-0.2, 0) is 9.53 Å². The first-order valence-corrected chi connectivity index (χ1v) is 6.01. The molecule has 1 rings (SSSR count). The molecule has 0 saturated heterocycles. The van der Waals surface area contributed by atoms with Crippen molar-refractivity contribution in [2.75, 3.05) is 6.54 Å². The first-order chi connectivity index (χ1) is 7.79. The molecule has 0 aromatic heterocycles. The second-order valence-corrected chi connectivity index (χ2v) is 5.40. The van der Waals surface area contributed by atoms with Crippen LogP contribution in [0.1, 0.15) is 46.5 Å². The average molecular weight is 243 g/mol. The number of carbonyl (C=O) groups excluding carboxylic acids is 1. The van der Waals surface area contributed by atoms with E-state index in [2.05, 4.69) is 0 Å². The highest BCUT2D eigenvalue weighted by molar-refractivity contribution is 5.71. The number of amides is 1. The zero-order valence-corrected chi connectivity index (χ0v) is 10.7. The van der Waals surface area contributed by atoms with Crippen molar-refractivity contribution in [2.24, 2.45) is 0 Å². The zero-order chi connectivity index (χ0) is 13.1. The molecule has 5 heteroatoms. The van der Waals surface area contributed by atoms with E-state index >= 15 is 0 Å². The number of rotatable bonds is 4. The van der Waals surface area contributed by atoms with E-state index in [0.29, 0.717) is 0 Å². The summed E-state index contributed by atoms with van der Waals surface area (Å²) in [6, 6.07) is 0.157. The zero-order valence-electron chi connectivity index (χ0n) is 10.7. The van der Waals surface area contributed by atoms with Crippen LogP contribution in [0.25, 0.3) is 0 Å². The number of carboxylic acid groups (broad SMARTS) is 1. The molecule has 0 aromatic carbocycles. The van der Waals surface area contributed by atoms with Gasteiger partial charge in [0.25, 0.3) is 0 Å². The Morgan fingerprint density at radius 1 is 1.35 bits per heavy atom. The molecule has 1 fully saturated rings. The van der Waals surface area contributed by atoms with E-state index in [1.807, 2.05) is 0 Å². The van der Waals surface area contributed by atoms with E-state index in [1.54, 1.807) is 25.7 Å².